The Morgan fingerprint density at radius 2 is 1.59 bits per heavy atom. The summed E-state index contributed by atoms with van der Waals surface area (Å²) >= 11 is 0. The largest absolute Gasteiger partial charge is 0.496 e. The van der Waals surface area contributed by atoms with Crippen molar-refractivity contribution >= 4 is 5.78 Å². The van der Waals surface area contributed by atoms with Crippen LogP contribution in [0.15, 0.2) is 12.1 Å². The van der Waals surface area contributed by atoms with Crippen LogP contribution in [0.2, 0.25) is 0 Å². The van der Waals surface area contributed by atoms with Gasteiger partial charge in [0.15, 0.2) is 11.5 Å². The second-order valence-electron chi connectivity index (χ2n) is 4.01. The molecule has 4 heteroatoms. The summed E-state index contributed by atoms with van der Waals surface area (Å²) in [6, 6.07) is 3.60. The van der Waals surface area contributed by atoms with Gasteiger partial charge in [-0.15, -0.1) is 0 Å². The minimum Gasteiger partial charge on any atom is -0.496 e. The normalized spacial score (nSPS) is 18.5. The van der Waals surface area contributed by atoms with E-state index in [9.17, 15) is 4.79 Å². The predicted octanol–water partition coefficient (Wildman–Crippen LogP) is 2.16. The fourth-order valence-corrected chi connectivity index (χ4v) is 2.06. The third-order valence-electron chi connectivity index (χ3n) is 3.18. The van der Waals surface area contributed by atoms with Crippen LogP contribution in [0.1, 0.15) is 24.3 Å². The monoisotopic (exact) mass is 236 g/mol. The number of methoxy groups -OCH3 is 3. The Morgan fingerprint density at radius 3 is 2.00 bits per heavy atom. The Labute approximate surface area is 100 Å². The molecule has 1 fully saturated rings. The van der Waals surface area contributed by atoms with Crippen molar-refractivity contribution in [2.45, 2.75) is 18.8 Å². The molecular weight excluding hydrogens is 220 g/mol. The summed E-state index contributed by atoms with van der Waals surface area (Å²) in [6.45, 7) is 0. The highest BCUT2D eigenvalue weighted by molar-refractivity contribution is 5.92. The summed E-state index contributed by atoms with van der Waals surface area (Å²) in [7, 11) is 4.75. The Balaban J connectivity index is 2.45. The van der Waals surface area contributed by atoms with Crippen LogP contribution in [-0.2, 0) is 4.79 Å². The van der Waals surface area contributed by atoms with Crippen LogP contribution in [-0.4, -0.2) is 27.1 Å². The lowest BCUT2D eigenvalue weighted by Gasteiger charge is -2.26. The van der Waals surface area contributed by atoms with E-state index in [1.54, 1.807) is 27.4 Å². The number of ketones is 1. The molecule has 1 aliphatic carbocycles. The number of hydrogen-bond donors (Lipinski definition) is 0. The van der Waals surface area contributed by atoms with Crippen molar-refractivity contribution in [3.8, 4) is 17.2 Å². The van der Waals surface area contributed by atoms with Gasteiger partial charge in [-0.1, -0.05) is 0 Å². The SMILES string of the molecule is COc1cc(OC)c([C@@H]2CCC2=O)cc1OC. The smallest absolute Gasteiger partial charge is 0.164 e. The zero-order chi connectivity index (χ0) is 12.4. The van der Waals surface area contributed by atoms with Gasteiger partial charge in [0.25, 0.3) is 0 Å². The standard InChI is InChI=1S/C13H16O4/c1-15-11-7-13(17-3)12(16-2)6-9(11)8-4-5-10(8)14/h6-8H,4-5H2,1-3H3/t8-/m0/s1. The van der Waals surface area contributed by atoms with Crippen LogP contribution in [0.25, 0.3) is 0 Å². The zero-order valence-electron chi connectivity index (χ0n) is 10.3. The van der Waals surface area contributed by atoms with Crippen LogP contribution in [0.5, 0.6) is 17.2 Å². The molecular formula is C13H16O4. The molecule has 0 aromatic heterocycles. The number of carbonyl (C=O) groups excluding carboxylic acids is 1. The first kappa shape index (κ1) is 11.8. The maximum atomic E-state index is 11.5. The van der Waals surface area contributed by atoms with Crippen molar-refractivity contribution in [2.24, 2.45) is 0 Å². The lowest BCUT2D eigenvalue weighted by molar-refractivity contribution is -0.125. The van der Waals surface area contributed by atoms with Crippen molar-refractivity contribution in [3.05, 3.63) is 17.7 Å². The van der Waals surface area contributed by atoms with E-state index < -0.39 is 0 Å². The van der Waals surface area contributed by atoms with Gasteiger partial charge < -0.3 is 14.2 Å². The fourth-order valence-electron chi connectivity index (χ4n) is 2.06. The van der Waals surface area contributed by atoms with Crippen LogP contribution < -0.4 is 14.2 Å². The predicted molar refractivity (Wildman–Crippen MR) is 63.1 cm³/mol. The van der Waals surface area contributed by atoms with Crippen LogP contribution in [0.4, 0.5) is 0 Å². The number of ether oxygens (including phenoxy) is 3. The van der Waals surface area contributed by atoms with E-state index in [-0.39, 0.29) is 11.7 Å². The summed E-state index contributed by atoms with van der Waals surface area (Å²) in [6.07, 6.45) is 1.53. The summed E-state index contributed by atoms with van der Waals surface area (Å²) in [4.78, 5) is 11.5. The average molecular weight is 236 g/mol. The van der Waals surface area contributed by atoms with Crippen LogP contribution in [0.3, 0.4) is 0 Å². The highest BCUT2D eigenvalue weighted by Gasteiger charge is 2.32. The first-order valence-electron chi connectivity index (χ1n) is 5.54. The molecule has 0 N–H and O–H groups in total. The minimum atomic E-state index is -0.0512. The Hall–Kier alpha value is -1.71. The molecule has 1 aromatic carbocycles. The first-order chi connectivity index (χ1) is 8.21. The van der Waals surface area contributed by atoms with E-state index in [0.29, 0.717) is 23.7 Å². The number of carbonyl (C=O) groups is 1. The van der Waals surface area contributed by atoms with Crippen molar-refractivity contribution < 1.29 is 19.0 Å². The Kier molecular flexibility index (Phi) is 3.22. The highest BCUT2D eigenvalue weighted by atomic mass is 16.5. The maximum absolute atomic E-state index is 11.5. The second kappa shape index (κ2) is 4.65. The molecule has 0 aliphatic heterocycles. The average Bonchev–Trinajstić information content (AvgIpc) is 2.36. The van der Waals surface area contributed by atoms with Gasteiger partial charge in [0.1, 0.15) is 11.5 Å². The summed E-state index contributed by atoms with van der Waals surface area (Å²) in [5, 5.41) is 0. The first-order valence-corrected chi connectivity index (χ1v) is 5.54. The molecule has 2 rings (SSSR count). The summed E-state index contributed by atoms with van der Waals surface area (Å²) < 4.78 is 15.7. The molecule has 1 saturated carbocycles. The van der Waals surface area contributed by atoms with Gasteiger partial charge in [0.05, 0.1) is 21.3 Å². The van der Waals surface area contributed by atoms with Crippen LogP contribution >= 0.6 is 0 Å². The summed E-state index contributed by atoms with van der Waals surface area (Å²) in [5.74, 6) is 2.13. The molecule has 0 radical (unpaired) electrons. The van der Waals surface area contributed by atoms with Crippen LogP contribution in [0, 0.1) is 0 Å². The lowest BCUT2D eigenvalue weighted by atomic mass is 9.78. The molecule has 0 spiro atoms. The Morgan fingerprint density at radius 1 is 1.00 bits per heavy atom. The lowest BCUT2D eigenvalue weighted by Crippen LogP contribution is -2.23. The molecule has 0 heterocycles. The van der Waals surface area contributed by atoms with Crippen molar-refractivity contribution in [1.29, 1.82) is 0 Å². The number of hydrogen-bond acceptors (Lipinski definition) is 4. The number of benzene rings is 1. The fraction of sp³-hybridized carbons (Fsp3) is 0.462. The quantitative estimate of drug-likeness (QED) is 0.803. The molecule has 4 nitrogen and oxygen atoms in total. The molecule has 0 saturated heterocycles. The maximum Gasteiger partial charge on any atom is 0.164 e. The van der Waals surface area contributed by atoms with Gasteiger partial charge in [-0.2, -0.15) is 0 Å². The van der Waals surface area contributed by atoms with E-state index >= 15 is 0 Å². The van der Waals surface area contributed by atoms with Gasteiger partial charge in [0.2, 0.25) is 0 Å². The van der Waals surface area contributed by atoms with Gasteiger partial charge in [-0.25, -0.2) is 0 Å². The molecule has 1 aromatic rings. The zero-order valence-corrected chi connectivity index (χ0v) is 10.3. The van der Waals surface area contributed by atoms with Crippen molar-refractivity contribution in [3.63, 3.8) is 0 Å². The minimum absolute atomic E-state index is 0.0512. The molecule has 0 bridgehead atoms. The molecule has 0 amide bonds. The highest BCUT2D eigenvalue weighted by Crippen LogP contribution is 2.43. The molecule has 92 valence electrons. The molecule has 0 unspecified atom stereocenters. The van der Waals surface area contributed by atoms with E-state index in [4.69, 9.17) is 14.2 Å². The van der Waals surface area contributed by atoms with Gasteiger partial charge in [0, 0.05) is 24.0 Å². The molecule has 1 atom stereocenters. The number of Topliss-reactive ketones (excluding diaryl/α,β-unsaturated/α-hetero) is 1. The van der Waals surface area contributed by atoms with Gasteiger partial charge >= 0.3 is 0 Å². The second-order valence-corrected chi connectivity index (χ2v) is 4.01. The number of rotatable bonds is 4. The van der Waals surface area contributed by atoms with E-state index in [2.05, 4.69) is 0 Å². The Bertz CT molecular complexity index is 439. The summed E-state index contributed by atoms with van der Waals surface area (Å²) in [5.41, 5.74) is 0.890. The third kappa shape index (κ3) is 1.95. The molecule has 17 heavy (non-hydrogen) atoms. The topological polar surface area (TPSA) is 44.8 Å². The molecule has 1 aliphatic rings. The third-order valence-corrected chi connectivity index (χ3v) is 3.18. The van der Waals surface area contributed by atoms with Gasteiger partial charge in [-0.05, 0) is 12.5 Å². The van der Waals surface area contributed by atoms with Gasteiger partial charge in [-0.3, -0.25) is 4.79 Å². The van der Waals surface area contributed by atoms with E-state index in [1.165, 1.54) is 0 Å². The van der Waals surface area contributed by atoms with Crippen molar-refractivity contribution in [1.82, 2.24) is 0 Å². The van der Waals surface area contributed by atoms with E-state index in [1.807, 2.05) is 6.07 Å². The van der Waals surface area contributed by atoms with E-state index in [0.717, 1.165) is 12.0 Å². The van der Waals surface area contributed by atoms with Crippen molar-refractivity contribution in [2.75, 3.05) is 21.3 Å².